The number of likely N-dealkylation sites (tertiary alicyclic amines) is 1. The zero-order valence-electron chi connectivity index (χ0n) is 14.3. The summed E-state index contributed by atoms with van der Waals surface area (Å²) in [6.45, 7) is 3.41. The van der Waals surface area contributed by atoms with Crippen molar-refractivity contribution in [2.75, 3.05) is 13.1 Å². The molecule has 1 saturated heterocycles. The number of nitrogens with one attached hydrogen (secondary N) is 1. The maximum atomic E-state index is 13.8. The molecule has 0 aliphatic carbocycles. The van der Waals surface area contributed by atoms with E-state index in [4.69, 9.17) is 0 Å². The van der Waals surface area contributed by atoms with Crippen LogP contribution in [0.1, 0.15) is 40.4 Å². The van der Waals surface area contributed by atoms with Crippen LogP contribution >= 0.6 is 0 Å². The molecule has 1 amide bonds. The highest BCUT2D eigenvalue weighted by Crippen LogP contribution is 2.30. The number of benzene rings is 2. The van der Waals surface area contributed by atoms with Gasteiger partial charge in [-0.1, -0.05) is 23.8 Å². The first kappa shape index (κ1) is 15.9. The van der Waals surface area contributed by atoms with E-state index in [0.717, 1.165) is 18.4 Å². The average molecular weight is 336 g/mol. The second-order valence-electron chi connectivity index (χ2n) is 6.86. The van der Waals surface area contributed by atoms with Crippen LogP contribution in [-0.2, 0) is 0 Å². The summed E-state index contributed by atoms with van der Waals surface area (Å²) in [5, 5.41) is 1.24. The van der Waals surface area contributed by atoms with E-state index in [2.05, 4.69) is 36.2 Å². The van der Waals surface area contributed by atoms with Gasteiger partial charge in [0.25, 0.3) is 5.91 Å². The number of aromatic amines is 1. The summed E-state index contributed by atoms with van der Waals surface area (Å²) in [6, 6.07) is 14.8. The van der Waals surface area contributed by atoms with E-state index in [9.17, 15) is 9.18 Å². The van der Waals surface area contributed by atoms with Crippen LogP contribution in [-0.4, -0.2) is 28.9 Å². The van der Waals surface area contributed by atoms with Gasteiger partial charge in [0.2, 0.25) is 0 Å². The summed E-state index contributed by atoms with van der Waals surface area (Å²) in [7, 11) is 0. The zero-order valence-corrected chi connectivity index (χ0v) is 14.3. The lowest BCUT2D eigenvalue weighted by Crippen LogP contribution is -2.38. The third kappa shape index (κ3) is 3.04. The number of aryl methyl sites for hydroxylation is 1. The van der Waals surface area contributed by atoms with Crippen molar-refractivity contribution in [2.24, 2.45) is 0 Å². The lowest BCUT2D eigenvalue weighted by Gasteiger charge is -2.31. The first-order valence-corrected chi connectivity index (χ1v) is 8.75. The van der Waals surface area contributed by atoms with Crippen LogP contribution < -0.4 is 0 Å². The van der Waals surface area contributed by atoms with Gasteiger partial charge < -0.3 is 9.88 Å². The highest BCUT2D eigenvalue weighted by atomic mass is 19.1. The molecule has 0 bridgehead atoms. The van der Waals surface area contributed by atoms with Gasteiger partial charge in [0.1, 0.15) is 5.82 Å². The van der Waals surface area contributed by atoms with E-state index in [0.29, 0.717) is 19.0 Å². The number of nitrogens with zero attached hydrogens (tertiary/aromatic N) is 1. The summed E-state index contributed by atoms with van der Waals surface area (Å²) in [5.41, 5.74) is 3.81. The fourth-order valence-electron chi connectivity index (χ4n) is 3.69. The summed E-state index contributed by atoms with van der Waals surface area (Å²) in [6.07, 6.45) is 1.79. The molecule has 1 N–H and O–H groups in total. The van der Waals surface area contributed by atoms with Gasteiger partial charge in [0, 0.05) is 30.2 Å². The minimum Gasteiger partial charge on any atom is -0.358 e. The quantitative estimate of drug-likeness (QED) is 0.727. The van der Waals surface area contributed by atoms with E-state index in [1.165, 1.54) is 22.7 Å². The van der Waals surface area contributed by atoms with Crippen LogP contribution in [0.4, 0.5) is 4.39 Å². The smallest absolute Gasteiger partial charge is 0.256 e. The molecule has 0 saturated carbocycles. The predicted molar refractivity (Wildman–Crippen MR) is 97.3 cm³/mol. The second kappa shape index (κ2) is 6.36. The van der Waals surface area contributed by atoms with E-state index in [1.807, 2.05) is 0 Å². The third-order valence-corrected chi connectivity index (χ3v) is 5.12. The number of H-pyrrole nitrogens is 1. The van der Waals surface area contributed by atoms with Crippen molar-refractivity contribution < 1.29 is 9.18 Å². The molecule has 25 heavy (non-hydrogen) atoms. The number of fused-ring (bicyclic) bond motifs is 1. The highest BCUT2D eigenvalue weighted by Gasteiger charge is 2.26. The van der Waals surface area contributed by atoms with Crippen LogP contribution in [0, 0.1) is 12.7 Å². The van der Waals surface area contributed by atoms with Gasteiger partial charge in [-0.2, -0.15) is 0 Å². The van der Waals surface area contributed by atoms with Gasteiger partial charge in [0.05, 0.1) is 5.56 Å². The van der Waals surface area contributed by atoms with Crippen molar-refractivity contribution >= 4 is 16.8 Å². The molecule has 128 valence electrons. The predicted octanol–water partition coefficient (Wildman–Crippen LogP) is 4.64. The topological polar surface area (TPSA) is 36.1 Å². The van der Waals surface area contributed by atoms with Crippen molar-refractivity contribution in [3.63, 3.8) is 0 Å². The number of hydrogen-bond donors (Lipinski definition) is 1. The Bertz CT molecular complexity index is 923. The summed E-state index contributed by atoms with van der Waals surface area (Å²) >= 11 is 0. The molecular formula is C21H21FN2O. The van der Waals surface area contributed by atoms with Crippen LogP contribution in [0.3, 0.4) is 0 Å². The number of rotatable bonds is 2. The van der Waals surface area contributed by atoms with E-state index >= 15 is 0 Å². The Hall–Kier alpha value is -2.62. The van der Waals surface area contributed by atoms with Crippen LogP contribution in [0.2, 0.25) is 0 Å². The van der Waals surface area contributed by atoms with Crippen molar-refractivity contribution in [1.82, 2.24) is 9.88 Å². The lowest BCUT2D eigenvalue weighted by atomic mass is 9.93. The second-order valence-corrected chi connectivity index (χ2v) is 6.86. The third-order valence-electron chi connectivity index (χ3n) is 5.12. The highest BCUT2D eigenvalue weighted by molar-refractivity contribution is 5.94. The van der Waals surface area contributed by atoms with Crippen molar-refractivity contribution in [3.05, 3.63) is 71.2 Å². The minimum absolute atomic E-state index is 0.169. The molecule has 4 heteroatoms. The minimum atomic E-state index is -0.444. The molecular weight excluding hydrogens is 315 g/mol. The van der Waals surface area contributed by atoms with Gasteiger partial charge in [-0.25, -0.2) is 4.39 Å². The number of halogens is 1. The molecule has 3 aromatic rings. The van der Waals surface area contributed by atoms with Gasteiger partial charge in [-0.05, 0) is 55.5 Å². The van der Waals surface area contributed by atoms with Crippen molar-refractivity contribution in [3.8, 4) is 0 Å². The first-order valence-electron chi connectivity index (χ1n) is 8.75. The Labute approximate surface area is 146 Å². The van der Waals surface area contributed by atoms with E-state index in [-0.39, 0.29) is 11.5 Å². The molecule has 0 spiro atoms. The first-order chi connectivity index (χ1) is 12.1. The molecule has 4 rings (SSSR count). The van der Waals surface area contributed by atoms with Crippen molar-refractivity contribution in [1.29, 1.82) is 0 Å². The largest absolute Gasteiger partial charge is 0.358 e. The SMILES string of the molecule is Cc1ccc2[nH]c(C3CCN(C(=O)c4ccccc4F)CC3)cc2c1. The Morgan fingerprint density at radius 3 is 2.64 bits per heavy atom. The molecule has 0 unspecified atom stereocenters. The monoisotopic (exact) mass is 336 g/mol. The Morgan fingerprint density at radius 2 is 1.88 bits per heavy atom. The number of carbonyl (C=O) groups excluding carboxylic acids is 1. The van der Waals surface area contributed by atoms with Crippen LogP contribution in [0.15, 0.2) is 48.5 Å². The van der Waals surface area contributed by atoms with E-state index in [1.54, 1.807) is 23.1 Å². The van der Waals surface area contributed by atoms with Gasteiger partial charge in [0.15, 0.2) is 0 Å². The maximum absolute atomic E-state index is 13.8. The van der Waals surface area contributed by atoms with Crippen LogP contribution in [0.5, 0.6) is 0 Å². The lowest BCUT2D eigenvalue weighted by molar-refractivity contribution is 0.0707. The molecule has 1 fully saturated rings. The van der Waals surface area contributed by atoms with E-state index < -0.39 is 5.82 Å². The zero-order chi connectivity index (χ0) is 17.4. The Kier molecular flexibility index (Phi) is 4.04. The number of piperidine rings is 1. The normalized spacial score (nSPS) is 15.7. The summed E-state index contributed by atoms with van der Waals surface area (Å²) in [4.78, 5) is 17.8. The Morgan fingerprint density at radius 1 is 1.12 bits per heavy atom. The van der Waals surface area contributed by atoms with Crippen LogP contribution in [0.25, 0.3) is 10.9 Å². The van der Waals surface area contributed by atoms with Gasteiger partial charge in [-0.3, -0.25) is 4.79 Å². The molecule has 3 nitrogen and oxygen atoms in total. The van der Waals surface area contributed by atoms with Crippen molar-refractivity contribution in [2.45, 2.75) is 25.7 Å². The number of aromatic nitrogens is 1. The molecule has 0 radical (unpaired) electrons. The summed E-state index contributed by atoms with van der Waals surface area (Å²) in [5.74, 6) is -0.234. The molecule has 1 aliphatic heterocycles. The number of carbonyl (C=O) groups is 1. The standard InChI is InChI=1S/C21H21FN2O/c1-14-6-7-19-16(12-14)13-20(23-19)15-8-10-24(11-9-15)21(25)17-4-2-3-5-18(17)22/h2-7,12-13,15,23H,8-11H2,1H3. The number of hydrogen-bond acceptors (Lipinski definition) is 1. The molecule has 0 atom stereocenters. The molecule has 1 aromatic heterocycles. The average Bonchev–Trinajstić information content (AvgIpc) is 3.05. The number of amides is 1. The van der Waals surface area contributed by atoms with Gasteiger partial charge >= 0.3 is 0 Å². The maximum Gasteiger partial charge on any atom is 0.256 e. The fourth-order valence-corrected chi connectivity index (χ4v) is 3.69. The molecule has 2 aromatic carbocycles. The molecule has 1 aliphatic rings. The van der Waals surface area contributed by atoms with Gasteiger partial charge in [-0.15, -0.1) is 0 Å². The Balaban J connectivity index is 1.47. The molecule has 2 heterocycles. The fraction of sp³-hybridized carbons (Fsp3) is 0.286. The summed E-state index contributed by atoms with van der Waals surface area (Å²) < 4.78 is 13.8.